The van der Waals surface area contributed by atoms with Gasteiger partial charge in [0.05, 0.1) is 39.6 Å². The van der Waals surface area contributed by atoms with Crippen LogP contribution in [0.2, 0.25) is 0 Å². The van der Waals surface area contributed by atoms with Gasteiger partial charge in [-0.1, -0.05) is 42.5 Å². The van der Waals surface area contributed by atoms with Gasteiger partial charge < -0.3 is 24.4 Å². The van der Waals surface area contributed by atoms with E-state index in [9.17, 15) is 4.79 Å². The number of hydrogen-bond donors (Lipinski definition) is 1. The summed E-state index contributed by atoms with van der Waals surface area (Å²) < 4.78 is 16.2. The molecule has 1 N–H and O–H groups in total. The molecule has 1 amide bonds. The Labute approximate surface area is 192 Å². The average Bonchev–Trinajstić information content (AvgIpc) is 2.86. The molecule has 166 valence electrons. The van der Waals surface area contributed by atoms with Crippen LogP contribution in [0, 0.1) is 0 Å². The van der Waals surface area contributed by atoms with Crippen LogP contribution in [-0.2, 0) is 4.79 Å². The van der Waals surface area contributed by atoms with E-state index in [0.29, 0.717) is 22.9 Å². The summed E-state index contributed by atoms with van der Waals surface area (Å²) in [7, 11) is 4.70. The average molecular weight is 451 g/mol. The normalized spacial score (nSPS) is 15.0. The smallest absolute Gasteiger partial charge is 0.246 e. The van der Waals surface area contributed by atoms with E-state index < -0.39 is 0 Å². The Morgan fingerprint density at radius 3 is 2.28 bits per heavy atom. The van der Waals surface area contributed by atoms with Crippen LogP contribution in [0.25, 0.3) is 0 Å². The fourth-order valence-corrected chi connectivity index (χ4v) is 5.03. The van der Waals surface area contributed by atoms with Crippen molar-refractivity contribution >= 4 is 29.0 Å². The summed E-state index contributed by atoms with van der Waals surface area (Å²) in [5, 5.41) is 3.23. The topological polar surface area (TPSA) is 60.0 Å². The standard InChI is InChI=1S/C25H26N2O4S/c1-29-21-13-18(14-22(30-2)25(21)31-3)26-15-24(28)27-19-11-7-8-12-23(19)32-16-20(27)17-9-5-4-6-10-17/h4-14,20,26H,15-16H2,1-3H3/t20-/m0/s1. The third-order valence-corrected chi connectivity index (χ3v) is 6.53. The van der Waals surface area contributed by atoms with Gasteiger partial charge in [0, 0.05) is 28.5 Å². The highest BCUT2D eigenvalue weighted by atomic mass is 32.2. The molecule has 0 radical (unpaired) electrons. The van der Waals surface area contributed by atoms with E-state index in [1.165, 1.54) is 0 Å². The molecule has 1 aliphatic rings. The number of fused-ring (bicyclic) bond motifs is 1. The van der Waals surface area contributed by atoms with E-state index in [1.54, 1.807) is 45.2 Å². The highest BCUT2D eigenvalue weighted by Gasteiger charge is 2.32. The van der Waals surface area contributed by atoms with E-state index in [0.717, 1.165) is 21.9 Å². The summed E-state index contributed by atoms with van der Waals surface area (Å²) in [4.78, 5) is 16.5. The minimum absolute atomic E-state index is 0.0136. The highest BCUT2D eigenvalue weighted by Crippen LogP contribution is 2.43. The number of carbonyl (C=O) groups excluding carboxylic acids is 1. The second kappa shape index (κ2) is 9.87. The number of carbonyl (C=O) groups is 1. The Morgan fingerprint density at radius 2 is 1.62 bits per heavy atom. The summed E-state index contributed by atoms with van der Waals surface area (Å²) in [6, 6.07) is 21.8. The first-order chi connectivity index (χ1) is 15.7. The number of amides is 1. The van der Waals surface area contributed by atoms with Crippen molar-refractivity contribution in [1.29, 1.82) is 0 Å². The van der Waals surface area contributed by atoms with Crippen molar-refractivity contribution in [2.45, 2.75) is 10.9 Å². The Kier molecular flexibility index (Phi) is 6.75. The van der Waals surface area contributed by atoms with Crippen molar-refractivity contribution in [3.63, 3.8) is 0 Å². The number of hydrogen-bond acceptors (Lipinski definition) is 6. The Hall–Kier alpha value is -3.32. The van der Waals surface area contributed by atoms with Gasteiger partial charge in [-0.05, 0) is 17.7 Å². The predicted octanol–water partition coefficient (Wildman–Crippen LogP) is 5.00. The highest BCUT2D eigenvalue weighted by molar-refractivity contribution is 7.99. The number of thioether (sulfide) groups is 1. The van der Waals surface area contributed by atoms with Gasteiger partial charge in [-0.2, -0.15) is 0 Å². The van der Waals surface area contributed by atoms with Crippen LogP contribution in [0.5, 0.6) is 17.2 Å². The van der Waals surface area contributed by atoms with Crippen molar-refractivity contribution in [3.05, 3.63) is 72.3 Å². The number of benzene rings is 3. The van der Waals surface area contributed by atoms with Crippen LogP contribution in [-0.4, -0.2) is 39.5 Å². The van der Waals surface area contributed by atoms with Crippen LogP contribution in [0.1, 0.15) is 11.6 Å². The van der Waals surface area contributed by atoms with E-state index in [4.69, 9.17) is 14.2 Å². The quantitative estimate of drug-likeness (QED) is 0.546. The number of nitrogens with one attached hydrogen (secondary N) is 1. The lowest BCUT2D eigenvalue weighted by atomic mass is 10.1. The fourth-order valence-electron chi connectivity index (χ4n) is 3.86. The van der Waals surface area contributed by atoms with Gasteiger partial charge in [-0.15, -0.1) is 11.8 Å². The summed E-state index contributed by atoms with van der Waals surface area (Å²) in [5.74, 6) is 2.36. The van der Waals surface area contributed by atoms with Gasteiger partial charge in [0.2, 0.25) is 11.7 Å². The van der Waals surface area contributed by atoms with Crippen molar-refractivity contribution in [2.24, 2.45) is 0 Å². The monoisotopic (exact) mass is 450 g/mol. The molecule has 7 heteroatoms. The lowest BCUT2D eigenvalue weighted by Gasteiger charge is -2.37. The summed E-state index contributed by atoms with van der Waals surface area (Å²) in [6.45, 7) is 0.126. The van der Waals surface area contributed by atoms with Gasteiger partial charge in [0.1, 0.15) is 0 Å². The SMILES string of the molecule is COc1cc(NCC(=O)N2c3ccccc3SC[C@H]2c2ccccc2)cc(OC)c1OC. The van der Waals surface area contributed by atoms with Crippen LogP contribution in [0.15, 0.2) is 71.6 Å². The molecule has 4 rings (SSSR count). The maximum Gasteiger partial charge on any atom is 0.246 e. The summed E-state index contributed by atoms with van der Waals surface area (Å²) in [6.07, 6.45) is 0. The number of ether oxygens (including phenoxy) is 3. The number of anilines is 2. The second-order valence-corrected chi connectivity index (χ2v) is 8.30. The first-order valence-corrected chi connectivity index (χ1v) is 11.3. The molecule has 0 saturated carbocycles. The minimum Gasteiger partial charge on any atom is -0.493 e. The van der Waals surface area contributed by atoms with Crippen LogP contribution >= 0.6 is 11.8 Å². The molecule has 0 aromatic heterocycles. The van der Waals surface area contributed by atoms with Crippen molar-refractivity contribution in [1.82, 2.24) is 0 Å². The summed E-state index contributed by atoms with van der Waals surface area (Å²) in [5.41, 5.74) is 2.77. The first-order valence-electron chi connectivity index (χ1n) is 10.3. The maximum atomic E-state index is 13.5. The number of rotatable bonds is 7. The molecule has 0 bridgehead atoms. The number of methoxy groups -OCH3 is 3. The van der Waals surface area contributed by atoms with Gasteiger partial charge in [-0.3, -0.25) is 4.79 Å². The van der Waals surface area contributed by atoms with E-state index in [2.05, 4.69) is 23.5 Å². The Bertz CT molecular complexity index is 1070. The van der Waals surface area contributed by atoms with Gasteiger partial charge >= 0.3 is 0 Å². The van der Waals surface area contributed by atoms with Crippen LogP contribution in [0.4, 0.5) is 11.4 Å². The molecule has 6 nitrogen and oxygen atoms in total. The van der Waals surface area contributed by atoms with Crippen molar-refractivity contribution in [2.75, 3.05) is 43.8 Å². The first kappa shape index (κ1) is 21.9. The molecule has 1 heterocycles. The number of para-hydroxylation sites is 1. The fraction of sp³-hybridized carbons (Fsp3) is 0.240. The van der Waals surface area contributed by atoms with Crippen LogP contribution < -0.4 is 24.4 Å². The van der Waals surface area contributed by atoms with E-state index in [-0.39, 0.29) is 18.5 Å². The molecule has 32 heavy (non-hydrogen) atoms. The molecule has 0 saturated heterocycles. The molecule has 1 atom stereocenters. The Balaban J connectivity index is 1.61. The molecule has 0 aliphatic carbocycles. The van der Waals surface area contributed by atoms with Gasteiger partial charge in [-0.25, -0.2) is 0 Å². The third kappa shape index (κ3) is 4.34. The molecule has 1 aliphatic heterocycles. The minimum atomic E-state index is -0.0367. The molecule has 0 spiro atoms. The molecule has 3 aromatic carbocycles. The van der Waals surface area contributed by atoms with E-state index in [1.807, 2.05) is 41.3 Å². The lowest BCUT2D eigenvalue weighted by molar-refractivity contribution is -0.117. The zero-order valence-electron chi connectivity index (χ0n) is 18.3. The zero-order valence-corrected chi connectivity index (χ0v) is 19.1. The van der Waals surface area contributed by atoms with Gasteiger partial charge in [0.25, 0.3) is 0 Å². The lowest BCUT2D eigenvalue weighted by Crippen LogP contribution is -2.41. The molecule has 0 unspecified atom stereocenters. The Morgan fingerprint density at radius 1 is 0.969 bits per heavy atom. The molecular formula is C25H26N2O4S. The third-order valence-electron chi connectivity index (χ3n) is 5.39. The predicted molar refractivity (Wildman–Crippen MR) is 128 cm³/mol. The zero-order chi connectivity index (χ0) is 22.5. The molecular weight excluding hydrogens is 424 g/mol. The largest absolute Gasteiger partial charge is 0.493 e. The van der Waals surface area contributed by atoms with Crippen molar-refractivity contribution < 1.29 is 19.0 Å². The molecule has 3 aromatic rings. The van der Waals surface area contributed by atoms with Crippen LogP contribution in [0.3, 0.4) is 0 Å². The second-order valence-electron chi connectivity index (χ2n) is 7.24. The van der Waals surface area contributed by atoms with Gasteiger partial charge in [0.15, 0.2) is 11.5 Å². The van der Waals surface area contributed by atoms with Crippen molar-refractivity contribution in [3.8, 4) is 17.2 Å². The summed E-state index contributed by atoms with van der Waals surface area (Å²) >= 11 is 1.78. The van der Waals surface area contributed by atoms with E-state index >= 15 is 0 Å². The maximum absolute atomic E-state index is 13.5. The molecule has 0 fully saturated rings. The number of nitrogens with zero attached hydrogens (tertiary/aromatic N) is 1.